The number of aliphatic hydroxyl groups is 1. The first kappa shape index (κ1) is 13.8. The first-order valence-corrected chi connectivity index (χ1v) is 6.89. The van der Waals surface area contributed by atoms with Crippen LogP contribution in [0.5, 0.6) is 0 Å². The lowest BCUT2D eigenvalue weighted by molar-refractivity contribution is -0.110. The summed E-state index contributed by atoms with van der Waals surface area (Å²) < 4.78 is 0. The number of hydrogen-bond donors (Lipinski definition) is 2. The van der Waals surface area contributed by atoms with E-state index in [1.54, 1.807) is 6.21 Å². The van der Waals surface area contributed by atoms with Crippen molar-refractivity contribution >= 4 is 29.8 Å². The van der Waals surface area contributed by atoms with Gasteiger partial charge in [0.15, 0.2) is 6.23 Å². The van der Waals surface area contributed by atoms with Crippen molar-refractivity contribution in [1.29, 1.82) is 0 Å². The van der Waals surface area contributed by atoms with Crippen molar-refractivity contribution in [2.45, 2.75) is 12.3 Å². The molecule has 0 aliphatic carbocycles. The molecule has 0 bridgehead atoms. The maximum absolute atomic E-state index is 11.0. The molecule has 0 saturated carbocycles. The molecular formula is C16H13ClN2O2. The fourth-order valence-electron chi connectivity index (χ4n) is 2.27. The number of aldehydes is 1. The second-order valence-corrected chi connectivity index (χ2v) is 5.19. The van der Waals surface area contributed by atoms with E-state index < -0.39 is 12.3 Å². The third kappa shape index (κ3) is 2.68. The van der Waals surface area contributed by atoms with E-state index in [9.17, 15) is 9.90 Å². The van der Waals surface area contributed by atoms with Gasteiger partial charge < -0.3 is 15.2 Å². The number of aliphatic hydroxyl groups excluding tert-OH is 1. The SMILES string of the molecule is O=CC1Nc2ccc(-c3ccccc3Cl)cc2C=NC1O. The Hall–Kier alpha value is -2.17. The van der Waals surface area contributed by atoms with Gasteiger partial charge in [0.1, 0.15) is 12.3 Å². The summed E-state index contributed by atoms with van der Waals surface area (Å²) in [5.74, 6) is 0. The summed E-state index contributed by atoms with van der Waals surface area (Å²) in [6, 6.07) is 12.5. The van der Waals surface area contributed by atoms with Crippen LogP contribution in [0.15, 0.2) is 47.5 Å². The smallest absolute Gasteiger partial charge is 0.172 e. The lowest BCUT2D eigenvalue weighted by Crippen LogP contribution is -2.32. The zero-order chi connectivity index (χ0) is 14.8. The van der Waals surface area contributed by atoms with E-state index in [1.807, 2.05) is 42.5 Å². The third-order valence-electron chi connectivity index (χ3n) is 3.39. The Labute approximate surface area is 127 Å². The van der Waals surface area contributed by atoms with Gasteiger partial charge >= 0.3 is 0 Å². The molecule has 0 radical (unpaired) electrons. The van der Waals surface area contributed by atoms with E-state index in [4.69, 9.17) is 11.6 Å². The van der Waals surface area contributed by atoms with Gasteiger partial charge in [-0.25, -0.2) is 0 Å². The zero-order valence-corrected chi connectivity index (χ0v) is 11.8. The van der Waals surface area contributed by atoms with Crippen molar-refractivity contribution < 1.29 is 9.90 Å². The molecule has 0 fully saturated rings. The maximum Gasteiger partial charge on any atom is 0.172 e. The van der Waals surface area contributed by atoms with Gasteiger partial charge in [0, 0.05) is 28.1 Å². The number of anilines is 1. The Balaban J connectivity index is 2.05. The van der Waals surface area contributed by atoms with Gasteiger partial charge in [0.05, 0.1) is 0 Å². The second-order valence-electron chi connectivity index (χ2n) is 4.78. The number of nitrogens with zero attached hydrogens (tertiary/aromatic N) is 1. The number of carbonyl (C=O) groups excluding carboxylic acids is 1. The Morgan fingerprint density at radius 3 is 2.81 bits per heavy atom. The summed E-state index contributed by atoms with van der Waals surface area (Å²) in [6.07, 6.45) is 1.13. The lowest BCUT2D eigenvalue weighted by Gasteiger charge is -2.15. The molecule has 2 atom stereocenters. The molecule has 0 aromatic heterocycles. The molecule has 4 nitrogen and oxygen atoms in total. The van der Waals surface area contributed by atoms with Crippen molar-refractivity contribution in [3.8, 4) is 11.1 Å². The van der Waals surface area contributed by atoms with Gasteiger partial charge in [0.2, 0.25) is 0 Å². The Bertz CT molecular complexity index is 715. The third-order valence-corrected chi connectivity index (χ3v) is 3.72. The predicted molar refractivity (Wildman–Crippen MR) is 84.0 cm³/mol. The summed E-state index contributed by atoms with van der Waals surface area (Å²) >= 11 is 6.21. The molecule has 3 rings (SSSR count). The van der Waals surface area contributed by atoms with Crippen molar-refractivity contribution in [3.63, 3.8) is 0 Å². The number of benzene rings is 2. The van der Waals surface area contributed by atoms with Crippen LogP contribution in [-0.4, -0.2) is 29.9 Å². The molecule has 2 aromatic rings. The van der Waals surface area contributed by atoms with E-state index in [0.717, 1.165) is 22.4 Å². The zero-order valence-electron chi connectivity index (χ0n) is 11.0. The van der Waals surface area contributed by atoms with Crippen molar-refractivity contribution in [2.24, 2.45) is 4.99 Å². The van der Waals surface area contributed by atoms with Crippen molar-refractivity contribution in [3.05, 3.63) is 53.1 Å². The van der Waals surface area contributed by atoms with Gasteiger partial charge in [0.25, 0.3) is 0 Å². The van der Waals surface area contributed by atoms with Crippen LogP contribution in [0.4, 0.5) is 5.69 Å². The van der Waals surface area contributed by atoms with Crippen molar-refractivity contribution in [1.82, 2.24) is 0 Å². The molecule has 0 spiro atoms. The Morgan fingerprint density at radius 2 is 2.05 bits per heavy atom. The van der Waals surface area contributed by atoms with Crippen LogP contribution < -0.4 is 5.32 Å². The minimum Gasteiger partial charge on any atom is -0.371 e. The molecule has 0 saturated heterocycles. The number of aliphatic imine (C=N–C) groups is 1. The molecule has 1 aliphatic heterocycles. The summed E-state index contributed by atoms with van der Waals surface area (Å²) in [4.78, 5) is 14.9. The fourth-order valence-corrected chi connectivity index (χ4v) is 2.52. The van der Waals surface area contributed by atoms with Gasteiger partial charge in [-0.1, -0.05) is 35.9 Å². The van der Waals surface area contributed by atoms with E-state index in [2.05, 4.69) is 10.3 Å². The number of benzodiazepines with no additional fused rings is 1. The van der Waals surface area contributed by atoms with E-state index in [1.165, 1.54) is 0 Å². The number of hydrogen-bond acceptors (Lipinski definition) is 4. The van der Waals surface area contributed by atoms with E-state index in [0.29, 0.717) is 11.3 Å². The average Bonchev–Trinajstić information content (AvgIpc) is 2.66. The number of rotatable bonds is 2. The number of fused-ring (bicyclic) bond motifs is 1. The topological polar surface area (TPSA) is 61.7 Å². The molecule has 2 N–H and O–H groups in total. The van der Waals surface area contributed by atoms with Crippen LogP contribution in [0.1, 0.15) is 5.56 Å². The highest BCUT2D eigenvalue weighted by molar-refractivity contribution is 6.33. The molecule has 21 heavy (non-hydrogen) atoms. The Morgan fingerprint density at radius 1 is 1.24 bits per heavy atom. The highest BCUT2D eigenvalue weighted by atomic mass is 35.5. The molecule has 1 heterocycles. The van der Waals surface area contributed by atoms with Crippen LogP contribution in [0.25, 0.3) is 11.1 Å². The molecule has 1 aliphatic rings. The molecule has 2 aromatic carbocycles. The summed E-state index contributed by atoms with van der Waals surface area (Å²) in [5, 5.41) is 13.4. The highest BCUT2D eigenvalue weighted by Gasteiger charge is 2.21. The number of halogens is 1. The molecule has 0 amide bonds. The quantitative estimate of drug-likeness (QED) is 0.838. The summed E-state index contributed by atoms with van der Waals surface area (Å²) in [5.41, 5.74) is 3.43. The average molecular weight is 301 g/mol. The van der Waals surface area contributed by atoms with Gasteiger partial charge in [-0.3, -0.25) is 4.99 Å². The fraction of sp³-hybridized carbons (Fsp3) is 0.125. The first-order chi connectivity index (χ1) is 10.2. The largest absolute Gasteiger partial charge is 0.371 e. The van der Waals surface area contributed by atoms with E-state index in [-0.39, 0.29) is 0 Å². The van der Waals surface area contributed by atoms with Crippen LogP contribution in [0.2, 0.25) is 5.02 Å². The molecule has 5 heteroatoms. The molecule has 106 valence electrons. The lowest BCUT2D eigenvalue weighted by atomic mass is 10.0. The van der Waals surface area contributed by atoms with Crippen LogP contribution in [-0.2, 0) is 4.79 Å². The monoisotopic (exact) mass is 300 g/mol. The maximum atomic E-state index is 11.0. The van der Waals surface area contributed by atoms with Gasteiger partial charge in [-0.15, -0.1) is 0 Å². The highest BCUT2D eigenvalue weighted by Crippen LogP contribution is 2.30. The minimum atomic E-state index is -1.08. The predicted octanol–water partition coefficient (Wildman–Crippen LogP) is 2.74. The minimum absolute atomic E-state index is 0.652. The standard InChI is InChI=1S/C16H13ClN2O2/c17-13-4-2-1-3-12(13)10-5-6-14-11(7-10)8-18-16(21)15(9-20)19-14/h1-9,15-16,19,21H. The van der Waals surface area contributed by atoms with Crippen molar-refractivity contribution in [2.75, 3.05) is 5.32 Å². The number of carbonyl (C=O) groups is 1. The summed E-state index contributed by atoms with van der Waals surface area (Å²) in [7, 11) is 0. The van der Waals surface area contributed by atoms with Gasteiger partial charge in [-0.05, 0) is 23.8 Å². The summed E-state index contributed by atoms with van der Waals surface area (Å²) in [6.45, 7) is 0. The van der Waals surface area contributed by atoms with E-state index >= 15 is 0 Å². The second kappa shape index (κ2) is 5.68. The van der Waals surface area contributed by atoms with Crippen LogP contribution in [0.3, 0.4) is 0 Å². The number of nitrogens with one attached hydrogen (secondary N) is 1. The first-order valence-electron chi connectivity index (χ1n) is 6.51. The molecule has 2 unspecified atom stereocenters. The van der Waals surface area contributed by atoms with Crippen LogP contribution >= 0.6 is 11.6 Å². The van der Waals surface area contributed by atoms with Crippen LogP contribution in [0, 0.1) is 0 Å². The van der Waals surface area contributed by atoms with Gasteiger partial charge in [-0.2, -0.15) is 0 Å². The Kier molecular flexibility index (Phi) is 3.73. The molecular weight excluding hydrogens is 288 g/mol. The normalized spacial score (nSPS) is 20.3.